The monoisotopic (exact) mass is 350 g/mol. The van der Waals surface area contributed by atoms with E-state index in [0.29, 0.717) is 22.3 Å². The van der Waals surface area contributed by atoms with Gasteiger partial charge in [0.25, 0.3) is 11.5 Å². The number of para-hydroxylation sites is 2. The SMILES string of the molecule is CNC(=O)c1ccc(C)c(NC(=O)Cn2c(=O)cnc3ccccc32)c1. The van der Waals surface area contributed by atoms with Gasteiger partial charge in [0.2, 0.25) is 5.91 Å². The van der Waals surface area contributed by atoms with Crippen molar-refractivity contribution in [3.05, 3.63) is 70.1 Å². The number of nitrogens with zero attached hydrogens (tertiary/aromatic N) is 2. The van der Waals surface area contributed by atoms with E-state index >= 15 is 0 Å². The third-order valence-corrected chi connectivity index (χ3v) is 4.06. The molecule has 3 aromatic rings. The Morgan fingerprint density at radius 1 is 1.15 bits per heavy atom. The molecule has 2 N–H and O–H groups in total. The maximum absolute atomic E-state index is 12.5. The van der Waals surface area contributed by atoms with Gasteiger partial charge in [-0.1, -0.05) is 18.2 Å². The Morgan fingerprint density at radius 3 is 2.69 bits per heavy atom. The number of carbonyl (C=O) groups excluding carboxylic acids is 2. The summed E-state index contributed by atoms with van der Waals surface area (Å²) >= 11 is 0. The van der Waals surface area contributed by atoms with Gasteiger partial charge in [-0.25, -0.2) is 4.98 Å². The largest absolute Gasteiger partial charge is 0.355 e. The Hall–Kier alpha value is -3.48. The smallest absolute Gasteiger partial charge is 0.269 e. The lowest BCUT2D eigenvalue weighted by atomic mass is 10.1. The second-order valence-electron chi connectivity index (χ2n) is 5.83. The summed E-state index contributed by atoms with van der Waals surface area (Å²) in [6.45, 7) is 1.68. The summed E-state index contributed by atoms with van der Waals surface area (Å²) in [6.07, 6.45) is 1.20. The first kappa shape index (κ1) is 17.3. The highest BCUT2D eigenvalue weighted by Gasteiger charge is 2.12. The average molecular weight is 350 g/mol. The molecular formula is C19H18N4O3. The Morgan fingerprint density at radius 2 is 1.92 bits per heavy atom. The molecule has 0 bridgehead atoms. The second kappa shape index (κ2) is 7.18. The van der Waals surface area contributed by atoms with E-state index in [2.05, 4.69) is 15.6 Å². The summed E-state index contributed by atoms with van der Waals surface area (Å²) in [6, 6.07) is 12.2. The number of carbonyl (C=O) groups is 2. The van der Waals surface area contributed by atoms with Gasteiger partial charge in [-0.15, -0.1) is 0 Å². The Labute approximate surface area is 149 Å². The molecule has 26 heavy (non-hydrogen) atoms. The van der Waals surface area contributed by atoms with Crippen LogP contribution >= 0.6 is 0 Å². The average Bonchev–Trinajstić information content (AvgIpc) is 2.65. The molecule has 2 amide bonds. The summed E-state index contributed by atoms with van der Waals surface area (Å²) in [5.41, 5.74) is 2.67. The summed E-state index contributed by atoms with van der Waals surface area (Å²) in [5.74, 6) is -0.600. The molecule has 0 aliphatic rings. The number of aromatic nitrogens is 2. The van der Waals surface area contributed by atoms with Crippen LogP contribution in [0.4, 0.5) is 5.69 Å². The summed E-state index contributed by atoms with van der Waals surface area (Å²) in [4.78, 5) is 40.5. The van der Waals surface area contributed by atoms with Gasteiger partial charge in [-0.3, -0.25) is 19.0 Å². The number of aryl methyl sites for hydroxylation is 1. The van der Waals surface area contributed by atoms with Crippen molar-refractivity contribution in [2.75, 3.05) is 12.4 Å². The maximum Gasteiger partial charge on any atom is 0.269 e. The van der Waals surface area contributed by atoms with Crippen LogP contribution in [-0.2, 0) is 11.3 Å². The van der Waals surface area contributed by atoms with Crippen molar-refractivity contribution in [3.63, 3.8) is 0 Å². The normalized spacial score (nSPS) is 10.5. The number of fused-ring (bicyclic) bond motifs is 1. The van der Waals surface area contributed by atoms with E-state index in [1.807, 2.05) is 13.0 Å². The number of hydrogen-bond donors (Lipinski definition) is 2. The van der Waals surface area contributed by atoms with Crippen LogP contribution in [0.3, 0.4) is 0 Å². The standard InChI is InChI=1S/C19H18N4O3/c1-12-7-8-13(19(26)20-2)9-15(12)22-17(24)11-23-16-6-4-3-5-14(16)21-10-18(23)25/h3-10H,11H2,1-2H3,(H,20,26)(H,22,24). The van der Waals surface area contributed by atoms with Crippen LogP contribution in [0.2, 0.25) is 0 Å². The molecule has 0 spiro atoms. The lowest BCUT2D eigenvalue weighted by Gasteiger charge is -2.12. The first-order valence-electron chi connectivity index (χ1n) is 8.07. The van der Waals surface area contributed by atoms with Gasteiger partial charge in [0.15, 0.2) is 0 Å². The molecule has 2 aromatic carbocycles. The van der Waals surface area contributed by atoms with Crippen LogP contribution in [0.25, 0.3) is 11.0 Å². The molecule has 0 saturated carbocycles. The van der Waals surface area contributed by atoms with Crippen LogP contribution in [0.15, 0.2) is 53.5 Å². The van der Waals surface area contributed by atoms with Crippen molar-refractivity contribution < 1.29 is 9.59 Å². The summed E-state index contributed by atoms with van der Waals surface area (Å²) in [7, 11) is 1.54. The van der Waals surface area contributed by atoms with E-state index in [9.17, 15) is 14.4 Å². The Kier molecular flexibility index (Phi) is 4.79. The molecular weight excluding hydrogens is 332 g/mol. The first-order chi connectivity index (χ1) is 12.5. The van der Waals surface area contributed by atoms with Crippen molar-refractivity contribution in [2.24, 2.45) is 0 Å². The zero-order chi connectivity index (χ0) is 18.7. The van der Waals surface area contributed by atoms with Crippen molar-refractivity contribution in [2.45, 2.75) is 13.5 Å². The molecule has 1 aromatic heterocycles. The van der Waals surface area contributed by atoms with Gasteiger partial charge < -0.3 is 10.6 Å². The van der Waals surface area contributed by atoms with E-state index in [1.54, 1.807) is 43.4 Å². The molecule has 0 fully saturated rings. The lowest BCUT2D eigenvalue weighted by Crippen LogP contribution is -2.28. The topological polar surface area (TPSA) is 93.1 Å². The highest BCUT2D eigenvalue weighted by atomic mass is 16.2. The van der Waals surface area contributed by atoms with Crippen molar-refractivity contribution >= 4 is 28.5 Å². The fourth-order valence-corrected chi connectivity index (χ4v) is 2.65. The predicted octanol–water partition coefficient (Wildman–Crippen LogP) is 1.70. The van der Waals surface area contributed by atoms with E-state index in [0.717, 1.165) is 5.56 Å². The van der Waals surface area contributed by atoms with Gasteiger partial charge in [0.05, 0.1) is 17.2 Å². The molecule has 0 atom stereocenters. The van der Waals surface area contributed by atoms with Crippen molar-refractivity contribution in [1.82, 2.24) is 14.9 Å². The molecule has 7 heteroatoms. The number of anilines is 1. The number of nitrogens with one attached hydrogen (secondary N) is 2. The molecule has 1 heterocycles. The first-order valence-corrected chi connectivity index (χ1v) is 8.07. The van der Waals surface area contributed by atoms with Crippen molar-refractivity contribution in [1.29, 1.82) is 0 Å². The van der Waals surface area contributed by atoms with Crippen molar-refractivity contribution in [3.8, 4) is 0 Å². The summed E-state index contributed by atoms with van der Waals surface area (Å²) < 4.78 is 1.37. The van der Waals surface area contributed by atoms with Crippen LogP contribution < -0.4 is 16.2 Å². The highest BCUT2D eigenvalue weighted by Crippen LogP contribution is 2.17. The molecule has 0 aliphatic carbocycles. The lowest BCUT2D eigenvalue weighted by molar-refractivity contribution is -0.116. The molecule has 0 saturated heterocycles. The van der Waals surface area contributed by atoms with Crippen LogP contribution in [-0.4, -0.2) is 28.4 Å². The molecule has 3 rings (SSSR count). The van der Waals surface area contributed by atoms with Gasteiger partial charge in [-0.05, 0) is 36.8 Å². The van der Waals surface area contributed by atoms with Gasteiger partial charge >= 0.3 is 0 Å². The third-order valence-electron chi connectivity index (χ3n) is 4.06. The fraction of sp³-hybridized carbons (Fsp3) is 0.158. The molecule has 0 unspecified atom stereocenters. The number of rotatable bonds is 4. The minimum atomic E-state index is -0.361. The summed E-state index contributed by atoms with van der Waals surface area (Å²) in [5, 5.41) is 5.32. The van der Waals surface area contributed by atoms with Gasteiger partial charge in [0, 0.05) is 18.3 Å². The number of hydrogen-bond acceptors (Lipinski definition) is 4. The minimum absolute atomic E-state index is 0.147. The molecule has 0 radical (unpaired) electrons. The molecule has 0 aliphatic heterocycles. The molecule has 132 valence electrons. The zero-order valence-corrected chi connectivity index (χ0v) is 14.4. The third kappa shape index (κ3) is 3.46. The second-order valence-corrected chi connectivity index (χ2v) is 5.83. The number of benzene rings is 2. The van der Waals surface area contributed by atoms with Crippen LogP contribution in [0, 0.1) is 6.92 Å². The van der Waals surface area contributed by atoms with E-state index < -0.39 is 0 Å². The van der Waals surface area contributed by atoms with Crippen LogP contribution in [0.1, 0.15) is 15.9 Å². The number of amides is 2. The van der Waals surface area contributed by atoms with E-state index in [4.69, 9.17) is 0 Å². The fourth-order valence-electron chi connectivity index (χ4n) is 2.65. The van der Waals surface area contributed by atoms with E-state index in [1.165, 1.54) is 10.8 Å². The van der Waals surface area contributed by atoms with Gasteiger partial charge in [0.1, 0.15) is 6.54 Å². The quantitative estimate of drug-likeness (QED) is 0.749. The van der Waals surface area contributed by atoms with Crippen LogP contribution in [0.5, 0.6) is 0 Å². The predicted molar refractivity (Wildman–Crippen MR) is 99.2 cm³/mol. The maximum atomic E-state index is 12.5. The Balaban J connectivity index is 1.88. The highest BCUT2D eigenvalue weighted by molar-refractivity contribution is 5.97. The zero-order valence-electron chi connectivity index (χ0n) is 14.4. The molecule has 7 nitrogen and oxygen atoms in total. The minimum Gasteiger partial charge on any atom is -0.355 e. The van der Waals surface area contributed by atoms with E-state index in [-0.39, 0.29) is 23.9 Å². The van der Waals surface area contributed by atoms with Gasteiger partial charge in [-0.2, -0.15) is 0 Å². The Bertz CT molecular complexity index is 1060.